The number of carboxylic acid groups (broad SMARTS) is 1. The second kappa shape index (κ2) is 10.4. The van der Waals surface area contributed by atoms with Crippen molar-refractivity contribution in [3.8, 4) is 11.5 Å². The van der Waals surface area contributed by atoms with Crippen molar-refractivity contribution in [2.45, 2.75) is 26.4 Å². The van der Waals surface area contributed by atoms with Gasteiger partial charge in [-0.1, -0.05) is 48.5 Å². The molecule has 0 unspecified atom stereocenters. The first kappa shape index (κ1) is 23.4. The van der Waals surface area contributed by atoms with Crippen molar-refractivity contribution in [1.29, 1.82) is 0 Å². The van der Waals surface area contributed by atoms with Crippen molar-refractivity contribution in [2.75, 3.05) is 20.8 Å². The number of nitrogens with zero attached hydrogens (tertiary/aromatic N) is 1. The molecule has 0 aliphatic carbocycles. The zero-order valence-corrected chi connectivity index (χ0v) is 19.8. The van der Waals surface area contributed by atoms with Crippen LogP contribution in [0.3, 0.4) is 0 Å². The number of carbonyl (C=O) groups is 1. The third kappa shape index (κ3) is 4.77. The molecule has 0 saturated carbocycles. The number of carboxylic acids is 1. The molecular formula is C28H30N2O4. The van der Waals surface area contributed by atoms with Gasteiger partial charge < -0.3 is 24.5 Å². The number of fused-ring (bicyclic) bond motifs is 1. The van der Waals surface area contributed by atoms with Gasteiger partial charge in [-0.2, -0.15) is 0 Å². The Bertz CT molecular complexity index is 1310. The molecule has 6 heteroatoms. The Labute approximate surface area is 199 Å². The molecule has 0 atom stereocenters. The van der Waals surface area contributed by atoms with Gasteiger partial charge in [0.25, 0.3) is 0 Å². The van der Waals surface area contributed by atoms with Crippen LogP contribution in [0.2, 0.25) is 0 Å². The molecule has 4 rings (SSSR count). The second-order valence-electron chi connectivity index (χ2n) is 8.27. The molecule has 2 N–H and O–H groups in total. The number of para-hydroxylation sites is 1. The highest BCUT2D eigenvalue weighted by Gasteiger charge is 2.22. The van der Waals surface area contributed by atoms with E-state index in [9.17, 15) is 9.90 Å². The van der Waals surface area contributed by atoms with Crippen LogP contribution in [0.5, 0.6) is 11.5 Å². The third-order valence-electron chi connectivity index (χ3n) is 6.24. The summed E-state index contributed by atoms with van der Waals surface area (Å²) in [5.41, 5.74) is 5.38. The lowest BCUT2D eigenvalue weighted by Gasteiger charge is -2.12. The minimum absolute atomic E-state index is 0.332. The average molecular weight is 459 g/mol. The van der Waals surface area contributed by atoms with Crippen LogP contribution >= 0.6 is 0 Å². The summed E-state index contributed by atoms with van der Waals surface area (Å²) in [6.45, 7) is 3.70. The standard InChI is InChI=1S/C28H30N2O4/c1-19-8-4-5-9-21(19)18-30-25-11-7-6-10-23(25)24(27(30)28(31)32)17-29-15-14-20-12-13-22(33-2)16-26(20)34-3/h4-13,16,29H,14-15,17-18H2,1-3H3,(H,31,32). The first-order valence-corrected chi connectivity index (χ1v) is 11.3. The lowest BCUT2D eigenvalue weighted by Crippen LogP contribution is -2.20. The number of aromatic carboxylic acids is 1. The molecule has 1 heterocycles. The molecule has 6 nitrogen and oxygen atoms in total. The Morgan fingerprint density at radius 1 is 0.971 bits per heavy atom. The van der Waals surface area contributed by atoms with Crippen LogP contribution in [0.4, 0.5) is 0 Å². The topological polar surface area (TPSA) is 72.7 Å². The Hall–Kier alpha value is -3.77. The molecule has 0 spiro atoms. The molecule has 4 aromatic rings. The van der Waals surface area contributed by atoms with Gasteiger partial charge in [-0.15, -0.1) is 0 Å². The van der Waals surface area contributed by atoms with E-state index in [0.717, 1.165) is 51.1 Å². The average Bonchev–Trinajstić information content (AvgIpc) is 3.16. The Morgan fingerprint density at radius 3 is 2.47 bits per heavy atom. The molecule has 34 heavy (non-hydrogen) atoms. The second-order valence-corrected chi connectivity index (χ2v) is 8.27. The van der Waals surface area contributed by atoms with Crippen molar-refractivity contribution in [1.82, 2.24) is 9.88 Å². The fourth-order valence-corrected chi connectivity index (χ4v) is 4.42. The van der Waals surface area contributed by atoms with Gasteiger partial charge in [0.05, 0.1) is 14.2 Å². The van der Waals surface area contributed by atoms with Crippen LogP contribution < -0.4 is 14.8 Å². The molecule has 0 radical (unpaired) electrons. The molecule has 0 bridgehead atoms. The highest BCUT2D eigenvalue weighted by Crippen LogP contribution is 2.28. The molecule has 1 aromatic heterocycles. The van der Waals surface area contributed by atoms with E-state index in [0.29, 0.717) is 25.3 Å². The van der Waals surface area contributed by atoms with Gasteiger partial charge in [0.2, 0.25) is 0 Å². The van der Waals surface area contributed by atoms with E-state index in [1.54, 1.807) is 14.2 Å². The highest BCUT2D eigenvalue weighted by atomic mass is 16.5. The number of rotatable bonds is 10. The summed E-state index contributed by atoms with van der Waals surface area (Å²) < 4.78 is 12.7. The zero-order chi connectivity index (χ0) is 24.1. The smallest absolute Gasteiger partial charge is 0.352 e. The SMILES string of the molecule is COc1ccc(CCNCc2c(C(=O)O)n(Cc3ccccc3C)c3ccccc23)c(OC)c1. The van der Waals surface area contributed by atoms with E-state index in [4.69, 9.17) is 9.47 Å². The van der Waals surface area contributed by atoms with Crippen molar-refractivity contribution >= 4 is 16.9 Å². The fraction of sp³-hybridized carbons (Fsp3) is 0.250. The summed E-state index contributed by atoms with van der Waals surface area (Å²) in [6.07, 6.45) is 0.747. The van der Waals surface area contributed by atoms with Crippen molar-refractivity contribution < 1.29 is 19.4 Å². The summed E-state index contributed by atoms with van der Waals surface area (Å²) in [6, 6.07) is 21.8. The molecule has 0 amide bonds. The normalized spacial score (nSPS) is 11.0. The molecule has 0 aliphatic rings. The van der Waals surface area contributed by atoms with Gasteiger partial charge in [0.1, 0.15) is 17.2 Å². The van der Waals surface area contributed by atoms with Crippen LogP contribution in [0, 0.1) is 6.92 Å². The predicted octanol–water partition coefficient (Wildman–Crippen LogP) is 5.05. The number of aryl methyl sites for hydroxylation is 1. The van der Waals surface area contributed by atoms with E-state index in [2.05, 4.69) is 24.4 Å². The van der Waals surface area contributed by atoms with Gasteiger partial charge in [0, 0.05) is 35.6 Å². The molecule has 176 valence electrons. The summed E-state index contributed by atoms with van der Waals surface area (Å²) in [7, 11) is 3.28. The number of hydrogen-bond acceptors (Lipinski definition) is 4. The highest BCUT2D eigenvalue weighted by molar-refractivity contribution is 5.98. The number of hydrogen-bond donors (Lipinski definition) is 2. The molecule has 3 aromatic carbocycles. The van der Waals surface area contributed by atoms with Gasteiger partial charge in [-0.3, -0.25) is 0 Å². The lowest BCUT2D eigenvalue weighted by atomic mass is 10.1. The van der Waals surface area contributed by atoms with E-state index >= 15 is 0 Å². The van der Waals surface area contributed by atoms with Gasteiger partial charge in [-0.25, -0.2) is 4.79 Å². The summed E-state index contributed by atoms with van der Waals surface area (Å²) in [4.78, 5) is 12.4. The molecule has 0 aliphatic heterocycles. The van der Waals surface area contributed by atoms with E-state index < -0.39 is 5.97 Å². The monoisotopic (exact) mass is 458 g/mol. The Kier molecular flexibility index (Phi) is 7.18. The lowest BCUT2D eigenvalue weighted by molar-refractivity contribution is 0.0684. The van der Waals surface area contributed by atoms with Crippen LogP contribution in [-0.4, -0.2) is 36.4 Å². The quantitative estimate of drug-likeness (QED) is 0.326. The molecule has 0 saturated heterocycles. The number of nitrogens with one attached hydrogen (secondary N) is 1. The van der Waals surface area contributed by atoms with E-state index in [-0.39, 0.29) is 0 Å². The maximum Gasteiger partial charge on any atom is 0.352 e. The van der Waals surface area contributed by atoms with Gasteiger partial charge >= 0.3 is 5.97 Å². The molecular weight excluding hydrogens is 428 g/mol. The number of ether oxygens (including phenoxy) is 2. The van der Waals surface area contributed by atoms with Gasteiger partial charge in [-0.05, 0) is 48.7 Å². The van der Waals surface area contributed by atoms with Crippen LogP contribution in [0.25, 0.3) is 10.9 Å². The minimum Gasteiger partial charge on any atom is -0.497 e. The summed E-state index contributed by atoms with van der Waals surface area (Å²) >= 11 is 0. The number of methoxy groups -OCH3 is 2. The fourth-order valence-electron chi connectivity index (χ4n) is 4.42. The van der Waals surface area contributed by atoms with Gasteiger partial charge in [0.15, 0.2) is 0 Å². The van der Waals surface area contributed by atoms with Crippen molar-refractivity contribution in [3.63, 3.8) is 0 Å². The first-order valence-electron chi connectivity index (χ1n) is 11.3. The van der Waals surface area contributed by atoms with Crippen molar-refractivity contribution in [3.05, 3.63) is 94.7 Å². The first-order chi connectivity index (χ1) is 16.5. The maximum absolute atomic E-state index is 12.4. The van der Waals surface area contributed by atoms with Crippen LogP contribution in [-0.2, 0) is 19.5 Å². The summed E-state index contributed by atoms with van der Waals surface area (Å²) in [5, 5.41) is 14.6. The molecule has 0 fully saturated rings. The largest absolute Gasteiger partial charge is 0.497 e. The Balaban J connectivity index is 1.59. The number of aromatic nitrogens is 1. The van der Waals surface area contributed by atoms with E-state index in [1.807, 2.05) is 59.2 Å². The third-order valence-corrected chi connectivity index (χ3v) is 6.24. The summed E-state index contributed by atoms with van der Waals surface area (Å²) in [5.74, 6) is 0.613. The zero-order valence-electron chi connectivity index (χ0n) is 19.8. The maximum atomic E-state index is 12.4. The number of benzene rings is 3. The Morgan fingerprint density at radius 2 is 1.74 bits per heavy atom. The minimum atomic E-state index is -0.918. The van der Waals surface area contributed by atoms with E-state index in [1.165, 1.54) is 0 Å². The van der Waals surface area contributed by atoms with Crippen molar-refractivity contribution in [2.24, 2.45) is 0 Å². The van der Waals surface area contributed by atoms with Crippen LogP contribution in [0.1, 0.15) is 32.7 Å². The predicted molar refractivity (Wildman–Crippen MR) is 134 cm³/mol. The van der Waals surface area contributed by atoms with Crippen LogP contribution in [0.15, 0.2) is 66.7 Å².